The first-order valence-electron chi connectivity index (χ1n) is 11.7. The number of aliphatic hydroxyl groups is 1. The molecule has 2 unspecified atom stereocenters. The normalized spacial score (nSPS) is 19.3. The summed E-state index contributed by atoms with van der Waals surface area (Å²) >= 11 is 0. The van der Waals surface area contributed by atoms with Crippen LogP contribution in [-0.2, 0) is 17.6 Å². The number of likely N-dealkylation sites (tertiary alicyclic amines) is 1. The Bertz CT molecular complexity index is 920. The van der Waals surface area contributed by atoms with Gasteiger partial charge in [-0.05, 0) is 56.2 Å². The monoisotopic (exact) mass is 434 g/mol. The molecule has 5 heteroatoms. The van der Waals surface area contributed by atoms with Crippen LogP contribution < -0.4 is 9.64 Å². The standard InChI is InChI=1S/C27H34N2O3/c1-3-16-29-24-10-7-11-25(23(24)12-13-26(29)31)32-27(20(2)30)28-17-14-22(15-18-28)19-21-8-5-4-6-9-21/h3-11,20,22,27,30H,1,12-19H2,2H3. The van der Waals surface area contributed by atoms with Gasteiger partial charge >= 0.3 is 0 Å². The minimum Gasteiger partial charge on any atom is -0.472 e. The summed E-state index contributed by atoms with van der Waals surface area (Å²) in [4.78, 5) is 16.4. The lowest BCUT2D eigenvalue weighted by atomic mass is 9.90. The van der Waals surface area contributed by atoms with Crippen LogP contribution in [0.4, 0.5) is 5.69 Å². The van der Waals surface area contributed by atoms with Gasteiger partial charge in [0.05, 0.1) is 5.69 Å². The van der Waals surface area contributed by atoms with E-state index in [-0.39, 0.29) is 5.91 Å². The van der Waals surface area contributed by atoms with Gasteiger partial charge in [-0.3, -0.25) is 9.69 Å². The van der Waals surface area contributed by atoms with Crippen LogP contribution in [0.25, 0.3) is 0 Å². The maximum atomic E-state index is 12.4. The zero-order valence-corrected chi connectivity index (χ0v) is 19.0. The summed E-state index contributed by atoms with van der Waals surface area (Å²) in [6.07, 6.45) is 5.14. The Morgan fingerprint density at radius 1 is 1.12 bits per heavy atom. The van der Waals surface area contributed by atoms with Crippen molar-refractivity contribution in [3.05, 3.63) is 72.3 Å². The van der Waals surface area contributed by atoms with Gasteiger partial charge in [-0.2, -0.15) is 0 Å². The molecular formula is C27H34N2O3. The number of nitrogens with zero attached hydrogens (tertiary/aromatic N) is 2. The van der Waals surface area contributed by atoms with E-state index in [2.05, 4.69) is 41.8 Å². The van der Waals surface area contributed by atoms with Gasteiger partial charge in [-0.15, -0.1) is 6.58 Å². The number of aliphatic hydroxyl groups excluding tert-OH is 1. The average Bonchev–Trinajstić information content (AvgIpc) is 2.80. The number of fused-ring (bicyclic) bond motifs is 1. The van der Waals surface area contributed by atoms with Crippen molar-refractivity contribution in [3.8, 4) is 5.75 Å². The number of hydrogen-bond donors (Lipinski definition) is 1. The second kappa shape index (κ2) is 10.3. The summed E-state index contributed by atoms with van der Waals surface area (Å²) in [7, 11) is 0. The summed E-state index contributed by atoms with van der Waals surface area (Å²) in [5.41, 5.74) is 3.33. The van der Waals surface area contributed by atoms with E-state index in [1.807, 2.05) is 18.2 Å². The van der Waals surface area contributed by atoms with Gasteiger partial charge in [0, 0.05) is 31.6 Å². The molecule has 170 valence electrons. The lowest BCUT2D eigenvalue weighted by Crippen LogP contribution is -2.50. The molecule has 0 aromatic heterocycles. The van der Waals surface area contributed by atoms with Gasteiger partial charge in [-0.1, -0.05) is 42.5 Å². The lowest BCUT2D eigenvalue weighted by Gasteiger charge is -2.39. The fourth-order valence-electron chi connectivity index (χ4n) is 4.97. The molecule has 0 aliphatic carbocycles. The van der Waals surface area contributed by atoms with Crippen LogP contribution >= 0.6 is 0 Å². The van der Waals surface area contributed by atoms with Crippen molar-refractivity contribution in [1.82, 2.24) is 4.90 Å². The summed E-state index contributed by atoms with van der Waals surface area (Å²) < 4.78 is 6.44. The average molecular weight is 435 g/mol. The Hall–Kier alpha value is -2.63. The Labute approximate surface area is 191 Å². The van der Waals surface area contributed by atoms with E-state index >= 15 is 0 Å². The molecule has 1 amide bonds. The molecule has 5 nitrogen and oxygen atoms in total. The third-order valence-corrected chi connectivity index (χ3v) is 6.64. The first-order valence-corrected chi connectivity index (χ1v) is 11.7. The molecule has 0 bridgehead atoms. The van der Waals surface area contributed by atoms with Crippen molar-refractivity contribution in [3.63, 3.8) is 0 Å². The van der Waals surface area contributed by atoms with Crippen molar-refractivity contribution in [1.29, 1.82) is 0 Å². The molecule has 2 heterocycles. The third-order valence-electron chi connectivity index (χ3n) is 6.64. The van der Waals surface area contributed by atoms with Crippen LogP contribution in [0.15, 0.2) is 61.2 Å². The van der Waals surface area contributed by atoms with Gasteiger partial charge in [0.2, 0.25) is 5.91 Å². The lowest BCUT2D eigenvalue weighted by molar-refractivity contribution is -0.118. The minimum absolute atomic E-state index is 0.113. The van der Waals surface area contributed by atoms with Gasteiger partial charge in [0.25, 0.3) is 0 Å². The molecule has 32 heavy (non-hydrogen) atoms. The molecule has 1 fully saturated rings. The topological polar surface area (TPSA) is 53.0 Å². The molecule has 0 saturated carbocycles. The highest BCUT2D eigenvalue weighted by molar-refractivity contribution is 5.97. The second-order valence-corrected chi connectivity index (χ2v) is 8.96. The Kier molecular flexibility index (Phi) is 7.28. The van der Waals surface area contributed by atoms with Crippen molar-refractivity contribution in [2.24, 2.45) is 5.92 Å². The quantitative estimate of drug-likeness (QED) is 0.633. The first-order chi connectivity index (χ1) is 15.6. The van der Waals surface area contributed by atoms with Gasteiger partial charge in [0.1, 0.15) is 11.9 Å². The maximum Gasteiger partial charge on any atom is 0.227 e. The fourth-order valence-corrected chi connectivity index (χ4v) is 4.97. The van der Waals surface area contributed by atoms with Gasteiger partial charge in [-0.25, -0.2) is 0 Å². The van der Waals surface area contributed by atoms with Crippen molar-refractivity contribution in [2.75, 3.05) is 24.5 Å². The molecule has 1 saturated heterocycles. The number of amides is 1. The van der Waals surface area contributed by atoms with E-state index in [1.165, 1.54) is 5.56 Å². The number of piperidine rings is 1. The Morgan fingerprint density at radius 3 is 2.56 bits per heavy atom. The molecule has 4 rings (SSSR count). The molecule has 1 N–H and O–H groups in total. The highest BCUT2D eigenvalue weighted by Crippen LogP contribution is 2.36. The molecule has 2 aliphatic rings. The predicted octanol–water partition coefficient (Wildman–Crippen LogP) is 4.19. The van der Waals surface area contributed by atoms with Crippen LogP contribution in [-0.4, -0.2) is 47.9 Å². The molecule has 2 aromatic rings. The van der Waals surface area contributed by atoms with Crippen molar-refractivity contribution < 1.29 is 14.6 Å². The third kappa shape index (κ3) is 5.05. The SMILES string of the molecule is C=CCN1C(=O)CCc2c(OC(C(C)O)N3CCC(Cc4ccccc4)CC3)cccc21. The summed E-state index contributed by atoms with van der Waals surface area (Å²) in [5.74, 6) is 1.54. The Balaban J connectivity index is 1.45. The number of benzene rings is 2. The van der Waals surface area contributed by atoms with Crippen LogP contribution in [0.3, 0.4) is 0 Å². The van der Waals surface area contributed by atoms with E-state index in [4.69, 9.17) is 4.74 Å². The highest BCUT2D eigenvalue weighted by Gasteiger charge is 2.32. The highest BCUT2D eigenvalue weighted by atomic mass is 16.5. The smallest absolute Gasteiger partial charge is 0.227 e. The number of anilines is 1. The van der Waals surface area contributed by atoms with Crippen LogP contribution in [0.1, 0.15) is 37.3 Å². The zero-order chi connectivity index (χ0) is 22.5. The molecule has 2 aromatic carbocycles. The van der Waals surface area contributed by atoms with Crippen LogP contribution in [0, 0.1) is 5.92 Å². The Morgan fingerprint density at radius 2 is 1.88 bits per heavy atom. The van der Waals surface area contributed by atoms with Crippen molar-refractivity contribution >= 4 is 11.6 Å². The summed E-state index contributed by atoms with van der Waals surface area (Å²) in [6, 6.07) is 16.5. The molecule has 0 spiro atoms. The number of carbonyl (C=O) groups excluding carboxylic acids is 1. The zero-order valence-electron chi connectivity index (χ0n) is 19.0. The molecule has 2 atom stereocenters. The number of hydrogen-bond acceptors (Lipinski definition) is 4. The van der Waals surface area contributed by atoms with Crippen molar-refractivity contribution in [2.45, 2.75) is 51.4 Å². The van der Waals surface area contributed by atoms with E-state index < -0.39 is 12.3 Å². The largest absolute Gasteiger partial charge is 0.472 e. The second-order valence-electron chi connectivity index (χ2n) is 8.96. The predicted molar refractivity (Wildman–Crippen MR) is 128 cm³/mol. The number of rotatable bonds is 8. The molecular weight excluding hydrogens is 400 g/mol. The minimum atomic E-state index is -0.619. The summed E-state index contributed by atoms with van der Waals surface area (Å²) in [5, 5.41) is 10.6. The van der Waals surface area contributed by atoms with E-state index in [0.717, 1.165) is 49.4 Å². The van der Waals surface area contributed by atoms with Gasteiger partial charge < -0.3 is 14.7 Å². The number of ether oxygens (including phenoxy) is 1. The maximum absolute atomic E-state index is 12.4. The van der Waals surface area contributed by atoms with E-state index in [1.54, 1.807) is 17.9 Å². The van der Waals surface area contributed by atoms with E-state index in [9.17, 15) is 9.90 Å². The molecule has 0 radical (unpaired) electrons. The summed E-state index contributed by atoms with van der Waals surface area (Å²) in [6.45, 7) is 7.88. The fraction of sp³-hybridized carbons (Fsp3) is 0.444. The number of carbonyl (C=O) groups is 1. The van der Waals surface area contributed by atoms with Gasteiger partial charge in [0.15, 0.2) is 6.23 Å². The van der Waals surface area contributed by atoms with Crippen LogP contribution in [0.2, 0.25) is 0 Å². The van der Waals surface area contributed by atoms with Crippen LogP contribution in [0.5, 0.6) is 5.75 Å². The van der Waals surface area contributed by atoms with E-state index in [0.29, 0.717) is 25.3 Å². The molecule has 2 aliphatic heterocycles. The first kappa shape index (κ1) is 22.6.